The molecule has 0 radical (unpaired) electrons. The van der Waals surface area contributed by atoms with Crippen molar-refractivity contribution in [2.45, 2.75) is 6.10 Å². The molecule has 1 fully saturated rings. The summed E-state index contributed by atoms with van der Waals surface area (Å²) in [6, 6.07) is 11.3. The van der Waals surface area contributed by atoms with Gasteiger partial charge in [-0.05, 0) is 18.2 Å². The SMILES string of the molecule is O=C(O[C@@H](C(=O)N1CCOCC1)c1ccccc1)c1ccc(F)c(F)c1. The van der Waals surface area contributed by atoms with Crippen LogP contribution in [0.15, 0.2) is 48.5 Å². The summed E-state index contributed by atoms with van der Waals surface area (Å²) in [7, 11) is 0. The number of benzene rings is 2. The van der Waals surface area contributed by atoms with Crippen molar-refractivity contribution in [3.8, 4) is 0 Å². The molecule has 1 aliphatic heterocycles. The summed E-state index contributed by atoms with van der Waals surface area (Å²) in [4.78, 5) is 26.8. The summed E-state index contributed by atoms with van der Waals surface area (Å²) in [6.45, 7) is 1.60. The van der Waals surface area contributed by atoms with E-state index in [0.29, 0.717) is 31.9 Å². The van der Waals surface area contributed by atoms with Gasteiger partial charge in [-0.1, -0.05) is 30.3 Å². The molecule has 1 heterocycles. The molecule has 5 nitrogen and oxygen atoms in total. The molecule has 136 valence electrons. The number of amides is 1. The van der Waals surface area contributed by atoms with E-state index < -0.39 is 23.7 Å². The van der Waals surface area contributed by atoms with E-state index in [1.807, 2.05) is 0 Å². The predicted octanol–water partition coefficient (Wildman–Crippen LogP) is 2.72. The zero-order chi connectivity index (χ0) is 18.5. The first-order valence-electron chi connectivity index (χ1n) is 8.14. The van der Waals surface area contributed by atoms with E-state index in [-0.39, 0.29) is 11.5 Å². The molecule has 0 bridgehead atoms. The van der Waals surface area contributed by atoms with Gasteiger partial charge in [0.1, 0.15) is 0 Å². The summed E-state index contributed by atoms with van der Waals surface area (Å²) < 4.78 is 37.0. The maximum Gasteiger partial charge on any atom is 0.339 e. The van der Waals surface area contributed by atoms with Crippen molar-refractivity contribution in [3.05, 3.63) is 71.3 Å². The van der Waals surface area contributed by atoms with Gasteiger partial charge in [-0.15, -0.1) is 0 Å². The lowest BCUT2D eigenvalue weighted by molar-refractivity contribution is -0.145. The molecule has 3 rings (SSSR count). The normalized spacial score (nSPS) is 15.4. The minimum atomic E-state index is -1.17. The van der Waals surface area contributed by atoms with E-state index in [4.69, 9.17) is 9.47 Å². The third kappa shape index (κ3) is 4.05. The van der Waals surface area contributed by atoms with E-state index in [1.54, 1.807) is 35.2 Å². The maximum absolute atomic E-state index is 13.4. The molecule has 1 atom stereocenters. The van der Waals surface area contributed by atoms with Crippen molar-refractivity contribution in [1.82, 2.24) is 4.90 Å². The standard InChI is InChI=1S/C19H17F2NO4/c20-15-7-6-14(12-16(15)21)19(24)26-17(13-4-2-1-3-5-13)18(23)22-8-10-25-11-9-22/h1-7,12,17H,8-11H2/t17-/m1/s1. The average Bonchev–Trinajstić information content (AvgIpc) is 2.69. The van der Waals surface area contributed by atoms with Crippen LogP contribution in [0.4, 0.5) is 8.78 Å². The highest BCUT2D eigenvalue weighted by atomic mass is 19.2. The van der Waals surface area contributed by atoms with Gasteiger partial charge in [-0.25, -0.2) is 13.6 Å². The van der Waals surface area contributed by atoms with Crippen LogP contribution in [0.25, 0.3) is 0 Å². The van der Waals surface area contributed by atoms with Crippen LogP contribution in [0, 0.1) is 11.6 Å². The molecule has 0 saturated carbocycles. The second-order valence-corrected chi connectivity index (χ2v) is 5.76. The van der Waals surface area contributed by atoms with Crippen LogP contribution in [0.2, 0.25) is 0 Å². The number of nitrogens with zero attached hydrogens (tertiary/aromatic N) is 1. The Kier molecular flexibility index (Phi) is 5.58. The highest BCUT2D eigenvalue weighted by molar-refractivity contribution is 5.92. The number of carbonyl (C=O) groups excluding carboxylic acids is 2. The van der Waals surface area contributed by atoms with Gasteiger partial charge in [0.25, 0.3) is 5.91 Å². The highest BCUT2D eigenvalue weighted by Gasteiger charge is 2.31. The Morgan fingerprint density at radius 2 is 1.69 bits per heavy atom. The first-order chi connectivity index (χ1) is 12.6. The molecule has 0 aromatic heterocycles. The zero-order valence-corrected chi connectivity index (χ0v) is 13.9. The molecule has 7 heteroatoms. The van der Waals surface area contributed by atoms with E-state index in [9.17, 15) is 18.4 Å². The van der Waals surface area contributed by atoms with E-state index >= 15 is 0 Å². The Balaban J connectivity index is 1.84. The molecule has 1 amide bonds. The smallest absolute Gasteiger partial charge is 0.339 e. The lowest BCUT2D eigenvalue weighted by Crippen LogP contribution is -2.44. The van der Waals surface area contributed by atoms with Crippen molar-refractivity contribution in [2.75, 3.05) is 26.3 Å². The van der Waals surface area contributed by atoms with Crippen molar-refractivity contribution < 1.29 is 27.8 Å². The van der Waals surface area contributed by atoms with Crippen molar-refractivity contribution in [2.24, 2.45) is 0 Å². The fourth-order valence-electron chi connectivity index (χ4n) is 2.64. The fourth-order valence-corrected chi connectivity index (χ4v) is 2.64. The van der Waals surface area contributed by atoms with Crippen LogP contribution in [0.5, 0.6) is 0 Å². The molecule has 1 saturated heterocycles. The number of halogens is 2. The topological polar surface area (TPSA) is 55.8 Å². The summed E-state index contributed by atoms with van der Waals surface area (Å²) in [5.41, 5.74) is 0.333. The van der Waals surface area contributed by atoms with Crippen molar-refractivity contribution >= 4 is 11.9 Å². The van der Waals surface area contributed by atoms with Crippen molar-refractivity contribution in [3.63, 3.8) is 0 Å². The summed E-state index contributed by atoms with van der Waals surface area (Å²) >= 11 is 0. The monoisotopic (exact) mass is 361 g/mol. The van der Waals surface area contributed by atoms with E-state index in [0.717, 1.165) is 18.2 Å². The van der Waals surface area contributed by atoms with Crippen LogP contribution >= 0.6 is 0 Å². The predicted molar refractivity (Wildman–Crippen MR) is 88.4 cm³/mol. The minimum Gasteiger partial charge on any atom is -0.444 e. The molecule has 0 N–H and O–H groups in total. The number of rotatable bonds is 4. The van der Waals surface area contributed by atoms with Gasteiger partial charge in [0, 0.05) is 18.7 Å². The second-order valence-electron chi connectivity index (χ2n) is 5.76. The number of ether oxygens (including phenoxy) is 2. The third-order valence-corrected chi connectivity index (χ3v) is 4.03. The Morgan fingerprint density at radius 1 is 1.00 bits per heavy atom. The molecular formula is C19H17F2NO4. The van der Waals surface area contributed by atoms with Gasteiger partial charge < -0.3 is 14.4 Å². The first kappa shape index (κ1) is 18.0. The Morgan fingerprint density at radius 3 is 2.35 bits per heavy atom. The highest BCUT2D eigenvalue weighted by Crippen LogP contribution is 2.23. The van der Waals surface area contributed by atoms with Crippen molar-refractivity contribution in [1.29, 1.82) is 0 Å². The van der Waals surface area contributed by atoms with Gasteiger partial charge >= 0.3 is 5.97 Å². The van der Waals surface area contributed by atoms with Gasteiger partial charge in [-0.3, -0.25) is 4.79 Å². The molecule has 2 aromatic rings. The quantitative estimate of drug-likeness (QED) is 0.786. The van der Waals surface area contributed by atoms with Gasteiger partial charge in [0.05, 0.1) is 18.8 Å². The Bertz CT molecular complexity index is 791. The molecule has 2 aromatic carbocycles. The van der Waals surface area contributed by atoms with Crippen LogP contribution in [-0.2, 0) is 14.3 Å². The lowest BCUT2D eigenvalue weighted by Gasteiger charge is -2.30. The largest absolute Gasteiger partial charge is 0.444 e. The summed E-state index contributed by atoms with van der Waals surface area (Å²) in [5, 5.41) is 0. The first-order valence-corrected chi connectivity index (χ1v) is 8.14. The number of hydrogen-bond acceptors (Lipinski definition) is 4. The van der Waals surface area contributed by atoms with E-state index in [1.165, 1.54) is 0 Å². The number of carbonyl (C=O) groups is 2. The van der Waals surface area contributed by atoms with Gasteiger partial charge in [-0.2, -0.15) is 0 Å². The number of hydrogen-bond donors (Lipinski definition) is 0. The molecule has 0 unspecified atom stereocenters. The van der Waals surface area contributed by atoms with Crippen LogP contribution < -0.4 is 0 Å². The summed E-state index contributed by atoms with van der Waals surface area (Å²) in [5.74, 6) is -3.50. The molecule has 0 spiro atoms. The van der Waals surface area contributed by atoms with Crippen LogP contribution in [-0.4, -0.2) is 43.1 Å². The van der Waals surface area contributed by atoms with Crippen LogP contribution in [0.1, 0.15) is 22.0 Å². The van der Waals surface area contributed by atoms with Gasteiger partial charge in [0.15, 0.2) is 11.6 Å². The van der Waals surface area contributed by atoms with Gasteiger partial charge in [0.2, 0.25) is 6.10 Å². The zero-order valence-electron chi connectivity index (χ0n) is 13.9. The van der Waals surface area contributed by atoms with Crippen LogP contribution in [0.3, 0.4) is 0 Å². The van der Waals surface area contributed by atoms with E-state index in [2.05, 4.69) is 0 Å². The average molecular weight is 361 g/mol. The molecule has 26 heavy (non-hydrogen) atoms. The Labute approximate surface area is 149 Å². The third-order valence-electron chi connectivity index (χ3n) is 4.03. The Hall–Kier alpha value is -2.80. The summed E-state index contributed by atoms with van der Waals surface area (Å²) in [6.07, 6.45) is -1.17. The molecular weight excluding hydrogens is 344 g/mol. The number of morpholine rings is 1. The minimum absolute atomic E-state index is 0.167. The molecule has 1 aliphatic rings. The second kappa shape index (κ2) is 8.05. The molecule has 0 aliphatic carbocycles. The fraction of sp³-hybridized carbons (Fsp3) is 0.263. The maximum atomic E-state index is 13.4. The lowest BCUT2D eigenvalue weighted by atomic mass is 10.1. The number of esters is 1.